The largest absolute Gasteiger partial charge is 0.450 e. The smallest absolute Gasteiger partial charge is 0.339 e. The number of benzene rings is 2. The van der Waals surface area contributed by atoms with Crippen LogP contribution in [0.4, 0.5) is 0 Å². The lowest BCUT2D eigenvalue weighted by molar-refractivity contribution is -0.0389. The molecule has 1 fully saturated rings. The van der Waals surface area contributed by atoms with Crippen LogP contribution in [0.25, 0.3) is 10.9 Å². The van der Waals surface area contributed by atoms with E-state index in [0.29, 0.717) is 47.6 Å². The zero-order chi connectivity index (χ0) is 18.6. The van der Waals surface area contributed by atoms with Gasteiger partial charge in [-0.3, -0.25) is 9.89 Å². The summed E-state index contributed by atoms with van der Waals surface area (Å²) in [5.74, 6) is -0.376. The molecule has 1 saturated heterocycles. The van der Waals surface area contributed by atoms with Crippen molar-refractivity contribution < 1.29 is 14.3 Å². The van der Waals surface area contributed by atoms with Crippen molar-refractivity contribution in [3.63, 3.8) is 0 Å². The molecule has 1 amide bonds. The molecule has 3 aromatic rings. The number of fused-ring (bicyclic) bond motifs is 3. The Balaban J connectivity index is 1.42. The number of likely N-dealkylation sites (tertiary alicyclic amines) is 1. The number of esters is 1. The third-order valence-corrected chi connectivity index (χ3v) is 5.75. The zero-order valence-corrected chi connectivity index (χ0v) is 15.1. The third-order valence-electron chi connectivity index (χ3n) is 5.53. The molecule has 0 aliphatic carbocycles. The lowest BCUT2D eigenvalue weighted by Gasteiger charge is -2.38. The summed E-state index contributed by atoms with van der Waals surface area (Å²) in [6.07, 6.45) is 2.81. The highest BCUT2D eigenvalue weighted by Gasteiger charge is 2.47. The van der Waals surface area contributed by atoms with Gasteiger partial charge in [0.25, 0.3) is 5.91 Å². The van der Waals surface area contributed by atoms with Crippen LogP contribution in [0.5, 0.6) is 0 Å². The molecule has 6 nitrogen and oxygen atoms in total. The Bertz CT molecular complexity index is 1080. The monoisotopic (exact) mass is 381 g/mol. The molecule has 5 rings (SSSR count). The number of rotatable bonds is 1. The Morgan fingerprint density at radius 1 is 1.22 bits per heavy atom. The summed E-state index contributed by atoms with van der Waals surface area (Å²) in [4.78, 5) is 27.1. The van der Waals surface area contributed by atoms with E-state index in [-0.39, 0.29) is 11.9 Å². The molecule has 1 aromatic heterocycles. The van der Waals surface area contributed by atoms with Gasteiger partial charge in [0.1, 0.15) is 5.60 Å². The van der Waals surface area contributed by atoms with Crippen LogP contribution in [0.15, 0.2) is 42.6 Å². The first kappa shape index (κ1) is 16.3. The minimum Gasteiger partial charge on any atom is -0.450 e. The second kappa shape index (κ2) is 5.82. The van der Waals surface area contributed by atoms with Gasteiger partial charge < -0.3 is 9.64 Å². The van der Waals surface area contributed by atoms with Crippen molar-refractivity contribution in [2.24, 2.45) is 0 Å². The number of hydrogen-bond donors (Lipinski definition) is 1. The fourth-order valence-corrected chi connectivity index (χ4v) is 4.37. The zero-order valence-electron chi connectivity index (χ0n) is 14.4. The molecule has 0 atom stereocenters. The second-order valence-corrected chi connectivity index (χ2v) is 7.45. The number of hydrogen-bond acceptors (Lipinski definition) is 4. The van der Waals surface area contributed by atoms with Crippen molar-refractivity contribution in [1.29, 1.82) is 0 Å². The van der Waals surface area contributed by atoms with Gasteiger partial charge in [0.15, 0.2) is 0 Å². The molecule has 0 unspecified atom stereocenters. The van der Waals surface area contributed by atoms with Gasteiger partial charge in [0.2, 0.25) is 0 Å². The van der Waals surface area contributed by atoms with Crippen molar-refractivity contribution >= 4 is 34.4 Å². The van der Waals surface area contributed by atoms with Crippen LogP contribution >= 0.6 is 11.6 Å². The van der Waals surface area contributed by atoms with Crippen molar-refractivity contribution in [3.8, 4) is 0 Å². The molecule has 1 N–H and O–H groups in total. The quantitative estimate of drug-likeness (QED) is 0.654. The van der Waals surface area contributed by atoms with Crippen molar-refractivity contribution in [2.45, 2.75) is 18.4 Å². The number of aromatic nitrogens is 2. The lowest BCUT2D eigenvalue weighted by atomic mass is 9.83. The first-order valence-corrected chi connectivity index (χ1v) is 9.20. The summed E-state index contributed by atoms with van der Waals surface area (Å²) >= 11 is 6.16. The summed E-state index contributed by atoms with van der Waals surface area (Å²) in [6, 6.07) is 10.9. The maximum Gasteiger partial charge on any atom is 0.339 e. The molecule has 0 saturated carbocycles. The van der Waals surface area contributed by atoms with Gasteiger partial charge in [0.05, 0.1) is 22.8 Å². The predicted octanol–water partition coefficient (Wildman–Crippen LogP) is 3.52. The average molecular weight is 382 g/mol. The maximum atomic E-state index is 13.1. The number of nitrogens with one attached hydrogen (secondary N) is 1. The molecule has 3 heterocycles. The molecular weight excluding hydrogens is 366 g/mol. The normalized spacial score (nSPS) is 18.0. The van der Waals surface area contributed by atoms with Crippen molar-refractivity contribution in [1.82, 2.24) is 15.1 Å². The highest BCUT2D eigenvalue weighted by molar-refractivity contribution is 6.32. The third kappa shape index (κ3) is 2.44. The van der Waals surface area contributed by atoms with E-state index in [1.54, 1.807) is 29.3 Å². The Labute approximate surface area is 160 Å². The van der Waals surface area contributed by atoms with E-state index in [0.717, 1.165) is 10.9 Å². The van der Waals surface area contributed by atoms with E-state index in [1.807, 2.05) is 18.2 Å². The Morgan fingerprint density at radius 3 is 2.81 bits per heavy atom. The van der Waals surface area contributed by atoms with Crippen LogP contribution in [0.1, 0.15) is 39.1 Å². The van der Waals surface area contributed by atoms with Gasteiger partial charge in [-0.05, 0) is 18.2 Å². The van der Waals surface area contributed by atoms with Gasteiger partial charge in [-0.25, -0.2) is 4.79 Å². The van der Waals surface area contributed by atoms with Gasteiger partial charge >= 0.3 is 5.97 Å². The molecular formula is C20H16ClN3O3. The maximum absolute atomic E-state index is 13.1. The Hall–Kier alpha value is -2.86. The van der Waals surface area contributed by atoms with Crippen LogP contribution in [0, 0.1) is 0 Å². The minimum absolute atomic E-state index is 0.0980. The first-order valence-electron chi connectivity index (χ1n) is 8.82. The number of piperidine rings is 1. The standard InChI is InChI=1S/C20H16ClN3O3/c21-13-9-12-11-22-23-17(12)15(10-13)18(25)24-7-5-20(6-8-24)16-4-2-1-3-14(16)19(26)27-20/h1-4,9-11H,5-8H2,(H,22,23). The van der Waals surface area contributed by atoms with E-state index >= 15 is 0 Å². The summed E-state index contributed by atoms with van der Waals surface area (Å²) in [7, 11) is 0. The summed E-state index contributed by atoms with van der Waals surface area (Å²) in [6.45, 7) is 1.01. The number of halogens is 1. The van der Waals surface area contributed by atoms with E-state index in [1.165, 1.54) is 0 Å². The average Bonchev–Trinajstić information content (AvgIpc) is 3.25. The fourth-order valence-electron chi connectivity index (χ4n) is 4.15. The second-order valence-electron chi connectivity index (χ2n) is 7.01. The van der Waals surface area contributed by atoms with Gasteiger partial charge in [-0.15, -0.1) is 0 Å². The molecule has 0 bridgehead atoms. The Morgan fingerprint density at radius 2 is 2.00 bits per heavy atom. The topological polar surface area (TPSA) is 75.3 Å². The predicted molar refractivity (Wildman–Crippen MR) is 99.8 cm³/mol. The van der Waals surface area contributed by atoms with Crippen LogP contribution in [-0.4, -0.2) is 40.1 Å². The van der Waals surface area contributed by atoms with E-state index < -0.39 is 5.60 Å². The fraction of sp³-hybridized carbons (Fsp3) is 0.250. The number of H-pyrrole nitrogens is 1. The molecule has 2 aliphatic heterocycles. The lowest BCUT2D eigenvalue weighted by Crippen LogP contribution is -2.45. The number of ether oxygens (including phenoxy) is 1. The number of amides is 1. The van der Waals surface area contributed by atoms with Crippen LogP contribution < -0.4 is 0 Å². The number of carbonyl (C=O) groups is 2. The summed E-state index contributed by atoms with van der Waals surface area (Å²) in [5, 5.41) is 8.19. The molecule has 2 aliphatic rings. The molecule has 1 spiro atoms. The van der Waals surface area contributed by atoms with Crippen LogP contribution in [-0.2, 0) is 10.3 Å². The number of nitrogens with zero attached hydrogens (tertiary/aromatic N) is 2. The first-order chi connectivity index (χ1) is 13.1. The van der Waals surface area contributed by atoms with Crippen molar-refractivity contribution in [2.75, 3.05) is 13.1 Å². The molecule has 7 heteroatoms. The minimum atomic E-state index is -0.623. The molecule has 0 radical (unpaired) electrons. The number of carbonyl (C=O) groups excluding carboxylic acids is 2. The Kier molecular flexibility index (Phi) is 3.52. The van der Waals surface area contributed by atoms with Gasteiger partial charge in [0, 0.05) is 41.9 Å². The number of aromatic amines is 1. The molecule has 27 heavy (non-hydrogen) atoms. The van der Waals surface area contributed by atoms with E-state index in [2.05, 4.69) is 10.2 Å². The van der Waals surface area contributed by atoms with E-state index in [4.69, 9.17) is 16.3 Å². The van der Waals surface area contributed by atoms with Crippen molar-refractivity contribution in [3.05, 3.63) is 64.3 Å². The SMILES string of the molecule is O=C1OC2(CCN(C(=O)c3cc(Cl)cc4cn[nH]c34)CC2)c2ccccc21. The molecule has 136 valence electrons. The molecule has 2 aromatic carbocycles. The van der Waals surface area contributed by atoms with Crippen LogP contribution in [0.2, 0.25) is 5.02 Å². The highest BCUT2D eigenvalue weighted by atomic mass is 35.5. The van der Waals surface area contributed by atoms with Gasteiger partial charge in [-0.1, -0.05) is 29.8 Å². The summed E-state index contributed by atoms with van der Waals surface area (Å²) < 4.78 is 5.76. The van der Waals surface area contributed by atoms with Gasteiger partial charge in [-0.2, -0.15) is 5.10 Å². The summed E-state index contributed by atoms with van der Waals surface area (Å²) in [5.41, 5.74) is 2.13. The highest BCUT2D eigenvalue weighted by Crippen LogP contribution is 2.44. The van der Waals surface area contributed by atoms with Crippen LogP contribution in [0.3, 0.4) is 0 Å². The van der Waals surface area contributed by atoms with E-state index in [9.17, 15) is 9.59 Å².